The molecule has 1 aromatic rings. The Kier molecular flexibility index (Phi) is 3.10. The molecule has 1 aromatic carbocycles. The lowest BCUT2D eigenvalue weighted by atomic mass is 10.2. The molecular formula is C9H9S. The van der Waals surface area contributed by atoms with E-state index in [2.05, 4.69) is 18.4 Å². The Labute approximate surface area is 66.0 Å². The number of hydrogen-bond donors (Lipinski definition) is 0. The highest BCUT2D eigenvalue weighted by Gasteiger charge is 1.79. The van der Waals surface area contributed by atoms with Gasteiger partial charge in [-0.3, -0.25) is 0 Å². The Morgan fingerprint density at radius 2 is 1.90 bits per heavy atom. The summed E-state index contributed by atoms with van der Waals surface area (Å²) in [5.74, 6) is 0. The average molecular weight is 149 g/mol. The summed E-state index contributed by atoms with van der Waals surface area (Å²) in [7, 11) is 0. The molecule has 10 heavy (non-hydrogen) atoms. The molecule has 51 valence electrons. The SMILES string of the molecule is [CH2]SC=Cc1ccccc1. The molecule has 1 heteroatoms. The van der Waals surface area contributed by atoms with Gasteiger partial charge in [-0.15, -0.1) is 11.8 Å². The van der Waals surface area contributed by atoms with Crippen LogP contribution in [0.5, 0.6) is 0 Å². The smallest absolute Gasteiger partial charge is 0.00684 e. The van der Waals surface area contributed by atoms with E-state index in [1.165, 1.54) is 17.3 Å². The predicted octanol–water partition coefficient (Wildman–Crippen LogP) is 3.18. The van der Waals surface area contributed by atoms with Crippen LogP contribution in [0, 0.1) is 6.26 Å². The highest BCUT2D eigenvalue weighted by atomic mass is 32.2. The van der Waals surface area contributed by atoms with Crippen LogP contribution in [-0.4, -0.2) is 0 Å². The van der Waals surface area contributed by atoms with Crippen molar-refractivity contribution in [1.29, 1.82) is 0 Å². The zero-order valence-electron chi connectivity index (χ0n) is 5.66. The van der Waals surface area contributed by atoms with Crippen molar-refractivity contribution in [2.45, 2.75) is 0 Å². The van der Waals surface area contributed by atoms with Crippen LogP contribution in [0.2, 0.25) is 0 Å². The van der Waals surface area contributed by atoms with Gasteiger partial charge in [-0.2, -0.15) is 0 Å². The molecule has 0 aliphatic heterocycles. The van der Waals surface area contributed by atoms with Gasteiger partial charge in [-0.05, 0) is 17.0 Å². The van der Waals surface area contributed by atoms with E-state index in [4.69, 9.17) is 0 Å². The Balaban J connectivity index is 2.67. The number of rotatable bonds is 2. The van der Waals surface area contributed by atoms with E-state index in [1.807, 2.05) is 29.7 Å². The van der Waals surface area contributed by atoms with Gasteiger partial charge in [-0.1, -0.05) is 30.3 Å². The van der Waals surface area contributed by atoms with Gasteiger partial charge < -0.3 is 0 Å². The molecule has 0 N–H and O–H groups in total. The van der Waals surface area contributed by atoms with E-state index in [9.17, 15) is 0 Å². The van der Waals surface area contributed by atoms with Crippen LogP contribution in [0.3, 0.4) is 0 Å². The van der Waals surface area contributed by atoms with Crippen LogP contribution in [-0.2, 0) is 0 Å². The fourth-order valence-corrected chi connectivity index (χ4v) is 0.944. The minimum Gasteiger partial charge on any atom is -0.133 e. The topological polar surface area (TPSA) is 0 Å². The maximum Gasteiger partial charge on any atom is 0.00684 e. The van der Waals surface area contributed by atoms with Crippen LogP contribution in [0.4, 0.5) is 0 Å². The largest absolute Gasteiger partial charge is 0.133 e. The van der Waals surface area contributed by atoms with Crippen molar-refractivity contribution in [3.8, 4) is 0 Å². The quantitative estimate of drug-likeness (QED) is 0.622. The number of hydrogen-bond acceptors (Lipinski definition) is 1. The van der Waals surface area contributed by atoms with Gasteiger partial charge in [0.25, 0.3) is 0 Å². The Morgan fingerprint density at radius 1 is 1.20 bits per heavy atom. The van der Waals surface area contributed by atoms with Crippen LogP contribution in [0.15, 0.2) is 35.7 Å². The van der Waals surface area contributed by atoms with Crippen LogP contribution >= 0.6 is 11.8 Å². The fraction of sp³-hybridized carbons (Fsp3) is 0. The second-order valence-corrected chi connectivity index (χ2v) is 2.49. The Hall–Kier alpha value is -0.690. The van der Waals surface area contributed by atoms with E-state index in [1.54, 1.807) is 0 Å². The van der Waals surface area contributed by atoms with Crippen LogP contribution in [0.25, 0.3) is 6.08 Å². The number of benzene rings is 1. The van der Waals surface area contributed by atoms with Crippen molar-refractivity contribution in [2.24, 2.45) is 0 Å². The lowest BCUT2D eigenvalue weighted by Gasteiger charge is -1.88. The summed E-state index contributed by atoms with van der Waals surface area (Å²) in [4.78, 5) is 0. The fourth-order valence-electron chi connectivity index (χ4n) is 0.691. The van der Waals surface area contributed by atoms with E-state index >= 15 is 0 Å². The first-order valence-corrected chi connectivity index (χ1v) is 4.11. The van der Waals surface area contributed by atoms with Gasteiger partial charge in [0, 0.05) is 6.26 Å². The second-order valence-electron chi connectivity index (χ2n) is 1.88. The van der Waals surface area contributed by atoms with Crippen molar-refractivity contribution in [2.75, 3.05) is 0 Å². The van der Waals surface area contributed by atoms with E-state index < -0.39 is 0 Å². The van der Waals surface area contributed by atoms with Gasteiger partial charge in [0.2, 0.25) is 0 Å². The lowest BCUT2D eigenvalue weighted by Crippen LogP contribution is -1.65. The summed E-state index contributed by atoms with van der Waals surface area (Å²) >= 11 is 1.47. The molecule has 0 unspecified atom stereocenters. The summed E-state index contributed by atoms with van der Waals surface area (Å²) in [6, 6.07) is 10.2. The maximum absolute atomic E-state index is 3.63. The standard InChI is InChI=1S/C9H9S/c1-10-8-7-9-5-3-2-4-6-9/h2-8H,1H2. The monoisotopic (exact) mass is 149 g/mol. The van der Waals surface area contributed by atoms with Crippen LogP contribution < -0.4 is 0 Å². The zero-order chi connectivity index (χ0) is 7.23. The lowest BCUT2D eigenvalue weighted by molar-refractivity contribution is 1.67. The molecule has 1 rings (SSSR count). The molecule has 1 radical (unpaired) electrons. The third-order valence-electron chi connectivity index (χ3n) is 1.16. The molecule has 0 amide bonds. The van der Waals surface area contributed by atoms with Crippen molar-refractivity contribution in [3.63, 3.8) is 0 Å². The normalized spacial score (nSPS) is 10.5. The highest BCUT2D eigenvalue weighted by Crippen LogP contribution is 2.05. The molecule has 0 fully saturated rings. The van der Waals surface area contributed by atoms with Crippen molar-refractivity contribution < 1.29 is 0 Å². The van der Waals surface area contributed by atoms with E-state index in [0.717, 1.165) is 0 Å². The molecule has 0 aromatic heterocycles. The van der Waals surface area contributed by atoms with Crippen molar-refractivity contribution in [1.82, 2.24) is 0 Å². The third kappa shape index (κ3) is 2.28. The first-order valence-electron chi connectivity index (χ1n) is 3.06. The first kappa shape index (κ1) is 7.42. The molecule has 0 nitrogen and oxygen atoms in total. The Bertz CT molecular complexity index is 201. The Morgan fingerprint density at radius 3 is 2.50 bits per heavy atom. The molecule has 0 aliphatic rings. The summed E-state index contributed by atoms with van der Waals surface area (Å²) in [5, 5.41) is 1.97. The highest BCUT2D eigenvalue weighted by molar-refractivity contribution is 8.03. The van der Waals surface area contributed by atoms with Gasteiger partial charge in [0.15, 0.2) is 0 Å². The summed E-state index contributed by atoms with van der Waals surface area (Å²) in [6.45, 7) is 0. The molecular weight excluding hydrogens is 140 g/mol. The average Bonchev–Trinajstić information content (AvgIpc) is 2.03. The molecule has 0 aliphatic carbocycles. The second kappa shape index (κ2) is 4.18. The third-order valence-corrected chi connectivity index (χ3v) is 1.48. The van der Waals surface area contributed by atoms with Gasteiger partial charge in [0.05, 0.1) is 0 Å². The molecule has 0 saturated heterocycles. The molecule has 0 heterocycles. The van der Waals surface area contributed by atoms with E-state index in [0.29, 0.717) is 0 Å². The molecule has 0 atom stereocenters. The first-order chi connectivity index (χ1) is 4.93. The molecule has 0 saturated carbocycles. The minimum atomic E-state index is 1.22. The van der Waals surface area contributed by atoms with E-state index in [-0.39, 0.29) is 0 Å². The summed E-state index contributed by atoms with van der Waals surface area (Å²) in [6.07, 6.45) is 5.67. The maximum atomic E-state index is 3.63. The molecule has 0 spiro atoms. The predicted molar refractivity (Wildman–Crippen MR) is 48.4 cm³/mol. The van der Waals surface area contributed by atoms with Gasteiger partial charge in [-0.25, -0.2) is 0 Å². The van der Waals surface area contributed by atoms with Gasteiger partial charge >= 0.3 is 0 Å². The summed E-state index contributed by atoms with van der Waals surface area (Å²) in [5.41, 5.74) is 1.22. The zero-order valence-corrected chi connectivity index (χ0v) is 6.47. The molecule has 0 bridgehead atoms. The van der Waals surface area contributed by atoms with Gasteiger partial charge in [0.1, 0.15) is 0 Å². The minimum absolute atomic E-state index is 1.22. The van der Waals surface area contributed by atoms with Crippen molar-refractivity contribution in [3.05, 3.63) is 47.6 Å². The van der Waals surface area contributed by atoms with Crippen molar-refractivity contribution >= 4 is 17.8 Å². The summed E-state index contributed by atoms with van der Waals surface area (Å²) < 4.78 is 0. The number of thioether (sulfide) groups is 1. The van der Waals surface area contributed by atoms with Crippen LogP contribution in [0.1, 0.15) is 5.56 Å².